The van der Waals surface area contributed by atoms with Crippen molar-refractivity contribution < 1.29 is 0 Å². The van der Waals surface area contributed by atoms with Crippen LogP contribution in [0.3, 0.4) is 0 Å². The number of halogens is 2. The van der Waals surface area contributed by atoms with Crippen molar-refractivity contribution in [3.05, 3.63) is 52.0 Å². The molecule has 0 saturated carbocycles. The van der Waals surface area contributed by atoms with Crippen molar-refractivity contribution in [3.8, 4) is 0 Å². The molecule has 0 aliphatic carbocycles. The summed E-state index contributed by atoms with van der Waals surface area (Å²) in [7, 11) is 0. The summed E-state index contributed by atoms with van der Waals surface area (Å²) in [6.45, 7) is 5.27. The van der Waals surface area contributed by atoms with E-state index in [4.69, 9.17) is 23.2 Å². The van der Waals surface area contributed by atoms with Gasteiger partial charge in [0.2, 0.25) is 0 Å². The Morgan fingerprint density at radius 3 is 2.67 bits per heavy atom. The number of unbranched alkanes of at least 4 members (excludes halogenated alkanes) is 1. The van der Waals surface area contributed by atoms with Gasteiger partial charge in [-0.3, -0.25) is 0 Å². The maximum atomic E-state index is 6.09. The number of aryl methyl sites for hydroxylation is 1. The maximum absolute atomic E-state index is 6.09. The van der Waals surface area contributed by atoms with Gasteiger partial charge in [0, 0.05) is 17.4 Å². The lowest BCUT2D eigenvalue weighted by atomic mass is 9.94. The number of imidazole rings is 1. The lowest BCUT2D eigenvalue weighted by Gasteiger charge is -2.27. The highest BCUT2D eigenvalue weighted by molar-refractivity contribution is 6.42. The summed E-state index contributed by atoms with van der Waals surface area (Å²) in [5.74, 6) is 0. The van der Waals surface area contributed by atoms with Gasteiger partial charge in [-0.2, -0.15) is 0 Å². The van der Waals surface area contributed by atoms with Crippen LogP contribution in [0.25, 0.3) is 0 Å². The number of hydrogen-bond acceptors (Lipinski definition) is 2. The van der Waals surface area contributed by atoms with Crippen LogP contribution in [0.15, 0.2) is 30.7 Å². The molecule has 1 aromatic carbocycles. The first-order chi connectivity index (χ1) is 9.99. The Morgan fingerprint density at radius 1 is 1.19 bits per heavy atom. The van der Waals surface area contributed by atoms with Crippen molar-refractivity contribution >= 4 is 23.2 Å². The Balaban J connectivity index is 1.79. The van der Waals surface area contributed by atoms with Crippen molar-refractivity contribution in [3.63, 3.8) is 0 Å². The van der Waals surface area contributed by atoms with Gasteiger partial charge in [-0.15, -0.1) is 0 Å². The molecule has 0 unspecified atom stereocenters. The third kappa shape index (κ3) is 4.73. The number of aromatic amines is 1. The summed E-state index contributed by atoms with van der Waals surface area (Å²) < 4.78 is 0. The minimum absolute atomic E-state index is 0.123. The Hall–Kier alpha value is -1.03. The molecule has 0 fully saturated rings. The largest absolute Gasteiger partial charge is 0.348 e. The molecule has 0 radical (unpaired) electrons. The topological polar surface area (TPSA) is 40.7 Å². The molecule has 5 heteroatoms. The monoisotopic (exact) mass is 325 g/mol. The van der Waals surface area contributed by atoms with Crippen molar-refractivity contribution in [2.24, 2.45) is 0 Å². The molecule has 0 spiro atoms. The smallest absolute Gasteiger partial charge is 0.0921 e. The minimum atomic E-state index is -0.123. The molecule has 0 atom stereocenters. The van der Waals surface area contributed by atoms with Crippen LogP contribution in [-0.4, -0.2) is 16.5 Å². The number of benzene rings is 1. The van der Waals surface area contributed by atoms with E-state index in [9.17, 15) is 0 Å². The zero-order valence-corrected chi connectivity index (χ0v) is 13.9. The molecule has 0 saturated heterocycles. The van der Waals surface area contributed by atoms with Gasteiger partial charge < -0.3 is 10.3 Å². The fourth-order valence-electron chi connectivity index (χ4n) is 2.25. The quantitative estimate of drug-likeness (QED) is 0.732. The van der Waals surface area contributed by atoms with Gasteiger partial charge in [0.1, 0.15) is 0 Å². The van der Waals surface area contributed by atoms with E-state index < -0.39 is 0 Å². The predicted octanol–water partition coefficient (Wildman–Crippen LogP) is 4.56. The predicted molar refractivity (Wildman–Crippen MR) is 89.0 cm³/mol. The normalized spacial score (nSPS) is 11.8. The summed E-state index contributed by atoms with van der Waals surface area (Å²) in [6.07, 6.45) is 6.89. The Morgan fingerprint density at radius 2 is 2.00 bits per heavy atom. The molecule has 2 N–H and O–H groups in total. The first-order valence-corrected chi connectivity index (χ1v) is 7.92. The molecular weight excluding hydrogens is 305 g/mol. The van der Waals surface area contributed by atoms with Crippen molar-refractivity contribution in [2.45, 2.75) is 38.6 Å². The number of nitrogens with one attached hydrogen (secondary N) is 2. The average Bonchev–Trinajstić information content (AvgIpc) is 2.94. The number of aromatic nitrogens is 2. The van der Waals surface area contributed by atoms with Crippen LogP contribution in [-0.2, 0) is 12.0 Å². The number of hydrogen-bond donors (Lipinski definition) is 2. The van der Waals surface area contributed by atoms with Crippen molar-refractivity contribution in [1.29, 1.82) is 0 Å². The van der Waals surface area contributed by atoms with Crippen LogP contribution in [0.1, 0.15) is 37.9 Å². The summed E-state index contributed by atoms with van der Waals surface area (Å²) in [5.41, 5.74) is 2.21. The molecule has 0 amide bonds. The van der Waals surface area contributed by atoms with Gasteiger partial charge in [0.15, 0.2) is 0 Å². The Bertz CT molecular complexity index is 565. The second-order valence-electron chi connectivity index (χ2n) is 5.71. The summed E-state index contributed by atoms with van der Waals surface area (Å²) in [5, 5.41) is 4.77. The fourth-order valence-corrected chi connectivity index (χ4v) is 2.55. The minimum Gasteiger partial charge on any atom is -0.348 e. The van der Waals surface area contributed by atoms with Gasteiger partial charge in [0.25, 0.3) is 0 Å². The second kappa shape index (κ2) is 7.30. The molecule has 114 valence electrons. The first-order valence-electron chi connectivity index (χ1n) is 7.17. The van der Waals surface area contributed by atoms with E-state index in [1.165, 1.54) is 5.69 Å². The van der Waals surface area contributed by atoms with Gasteiger partial charge >= 0.3 is 0 Å². The van der Waals surface area contributed by atoms with Gasteiger partial charge in [-0.1, -0.05) is 29.3 Å². The summed E-state index contributed by atoms with van der Waals surface area (Å²) in [4.78, 5) is 7.14. The zero-order chi connectivity index (χ0) is 15.3. The molecule has 0 bridgehead atoms. The molecule has 2 aromatic rings. The van der Waals surface area contributed by atoms with Gasteiger partial charge in [-0.05, 0) is 57.4 Å². The van der Waals surface area contributed by atoms with Gasteiger partial charge in [0.05, 0.1) is 16.4 Å². The van der Waals surface area contributed by atoms with Crippen LogP contribution in [0.5, 0.6) is 0 Å². The fraction of sp³-hybridized carbons (Fsp3) is 0.438. The zero-order valence-electron chi connectivity index (χ0n) is 12.4. The van der Waals surface area contributed by atoms with E-state index in [2.05, 4.69) is 29.1 Å². The summed E-state index contributed by atoms with van der Waals surface area (Å²) in [6, 6.07) is 5.80. The number of H-pyrrole nitrogens is 1. The highest BCUT2D eigenvalue weighted by Crippen LogP contribution is 2.28. The van der Waals surface area contributed by atoms with E-state index in [1.54, 1.807) is 6.33 Å². The van der Waals surface area contributed by atoms with E-state index in [1.807, 2.05) is 24.4 Å². The first kappa shape index (κ1) is 16.3. The highest BCUT2D eigenvalue weighted by atomic mass is 35.5. The van der Waals surface area contributed by atoms with Crippen LogP contribution >= 0.6 is 23.2 Å². The number of nitrogens with zero attached hydrogens (tertiary/aromatic N) is 1. The van der Waals surface area contributed by atoms with Gasteiger partial charge in [-0.25, -0.2) is 4.98 Å². The molecule has 0 aliphatic rings. The lowest BCUT2D eigenvalue weighted by Crippen LogP contribution is -2.37. The Labute approximate surface area is 136 Å². The van der Waals surface area contributed by atoms with Crippen LogP contribution in [0.4, 0.5) is 0 Å². The molecule has 3 nitrogen and oxygen atoms in total. The average molecular weight is 326 g/mol. The van der Waals surface area contributed by atoms with E-state index in [0.717, 1.165) is 31.4 Å². The molecule has 1 aromatic heterocycles. The highest BCUT2D eigenvalue weighted by Gasteiger charge is 2.20. The van der Waals surface area contributed by atoms with Crippen LogP contribution in [0.2, 0.25) is 10.0 Å². The molecule has 0 aliphatic heterocycles. The van der Waals surface area contributed by atoms with E-state index >= 15 is 0 Å². The SMILES string of the molecule is CC(C)(NCCCCc1cnc[nH]1)c1ccc(Cl)c(Cl)c1. The second-order valence-corrected chi connectivity index (χ2v) is 6.53. The van der Waals surface area contributed by atoms with Crippen LogP contribution < -0.4 is 5.32 Å². The molecule has 1 heterocycles. The molecular formula is C16H21Cl2N3. The standard InChI is InChI=1S/C16H21Cl2N3/c1-16(2,12-6-7-14(17)15(18)9-12)21-8-4-3-5-13-10-19-11-20-13/h6-7,9-11,21H,3-5,8H2,1-2H3,(H,19,20). The van der Waals surface area contributed by atoms with Crippen molar-refractivity contribution in [1.82, 2.24) is 15.3 Å². The Kier molecular flexibility index (Phi) is 5.68. The molecule has 21 heavy (non-hydrogen) atoms. The third-order valence-corrected chi connectivity index (χ3v) is 4.38. The van der Waals surface area contributed by atoms with E-state index in [-0.39, 0.29) is 5.54 Å². The van der Waals surface area contributed by atoms with Crippen molar-refractivity contribution in [2.75, 3.05) is 6.54 Å². The number of rotatable bonds is 7. The third-order valence-electron chi connectivity index (χ3n) is 3.64. The summed E-state index contributed by atoms with van der Waals surface area (Å²) >= 11 is 12.1. The maximum Gasteiger partial charge on any atom is 0.0921 e. The van der Waals surface area contributed by atoms with Crippen LogP contribution in [0, 0.1) is 0 Å². The molecule has 2 rings (SSSR count). The van der Waals surface area contributed by atoms with E-state index in [0.29, 0.717) is 10.0 Å². The lowest BCUT2D eigenvalue weighted by molar-refractivity contribution is 0.397.